The number of rotatable bonds is 7. The summed E-state index contributed by atoms with van der Waals surface area (Å²) in [6.07, 6.45) is 13.9. The van der Waals surface area contributed by atoms with Gasteiger partial charge in [0.15, 0.2) is 0 Å². The lowest BCUT2D eigenvalue weighted by molar-refractivity contribution is 0.186. The van der Waals surface area contributed by atoms with Gasteiger partial charge in [0, 0.05) is 12.1 Å². The highest BCUT2D eigenvalue weighted by Gasteiger charge is 2.23. The topological polar surface area (TPSA) is 41.3 Å². The first-order valence-corrected chi connectivity index (χ1v) is 8.95. The Bertz CT molecular complexity index is 251. The molecule has 118 valence electrons. The van der Waals surface area contributed by atoms with Crippen molar-refractivity contribution in [1.29, 1.82) is 0 Å². The molecule has 0 radical (unpaired) electrons. The first kappa shape index (κ1) is 16.3. The lowest BCUT2D eigenvalue weighted by Crippen LogP contribution is -2.43. The van der Waals surface area contributed by atoms with Gasteiger partial charge < -0.3 is 16.0 Å². The van der Waals surface area contributed by atoms with E-state index in [1.807, 2.05) is 0 Å². The second-order valence-electron chi connectivity index (χ2n) is 6.97. The van der Waals surface area contributed by atoms with Crippen molar-refractivity contribution in [2.24, 2.45) is 11.7 Å². The van der Waals surface area contributed by atoms with Crippen LogP contribution < -0.4 is 11.1 Å². The van der Waals surface area contributed by atoms with Gasteiger partial charge in [-0.15, -0.1) is 0 Å². The molecule has 0 aliphatic heterocycles. The number of nitrogens with two attached hydrogens (primary N) is 1. The summed E-state index contributed by atoms with van der Waals surface area (Å²) in [7, 11) is 2.32. The Labute approximate surface area is 125 Å². The van der Waals surface area contributed by atoms with Crippen molar-refractivity contribution in [3.8, 4) is 0 Å². The Morgan fingerprint density at radius 3 is 2.45 bits per heavy atom. The van der Waals surface area contributed by atoms with Gasteiger partial charge in [-0.2, -0.15) is 0 Å². The van der Waals surface area contributed by atoms with Crippen molar-refractivity contribution >= 4 is 0 Å². The fourth-order valence-corrected chi connectivity index (χ4v) is 4.08. The van der Waals surface area contributed by atoms with Gasteiger partial charge in [0.2, 0.25) is 0 Å². The largest absolute Gasteiger partial charge is 0.330 e. The van der Waals surface area contributed by atoms with Crippen molar-refractivity contribution in [1.82, 2.24) is 10.2 Å². The molecule has 2 rings (SSSR count). The van der Waals surface area contributed by atoms with Crippen LogP contribution in [0.4, 0.5) is 0 Å². The molecule has 3 heteroatoms. The van der Waals surface area contributed by atoms with E-state index in [0.717, 1.165) is 25.0 Å². The van der Waals surface area contributed by atoms with Crippen molar-refractivity contribution < 1.29 is 0 Å². The standard InChI is InChI=1S/C17H35N3/c1-20(16-9-3-2-4-10-16)13-7-12-19-17-11-6-5-8-15(17)14-18/h15-17,19H,2-14,18H2,1H3. The van der Waals surface area contributed by atoms with Crippen LogP contribution in [-0.4, -0.2) is 43.7 Å². The Hall–Kier alpha value is -0.120. The average Bonchev–Trinajstić information content (AvgIpc) is 2.52. The highest BCUT2D eigenvalue weighted by Crippen LogP contribution is 2.24. The van der Waals surface area contributed by atoms with Gasteiger partial charge in [-0.05, 0) is 64.7 Å². The Morgan fingerprint density at radius 2 is 1.70 bits per heavy atom. The molecule has 2 aliphatic carbocycles. The highest BCUT2D eigenvalue weighted by atomic mass is 15.1. The van der Waals surface area contributed by atoms with E-state index in [4.69, 9.17) is 5.73 Å². The number of hydrogen-bond donors (Lipinski definition) is 2. The number of nitrogens with zero attached hydrogens (tertiary/aromatic N) is 1. The van der Waals surface area contributed by atoms with Crippen molar-refractivity contribution in [3.05, 3.63) is 0 Å². The molecule has 2 saturated carbocycles. The van der Waals surface area contributed by atoms with Crippen LogP contribution in [0.1, 0.15) is 64.2 Å². The van der Waals surface area contributed by atoms with E-state index < -0.39 is 0 Å². The molecule has 0 amide bonds. The van der Waals surface area contributed by atoms with E-state index in [-0.39, 0.29) is 0 Å². The predicted octanol–water partition coefficient (Wildman–Crippen LogP) is 2.75. The third-order valence-electron chi connectivity index (χ3n) is 5.50. The second-order valence-corrected chi connectivity index (χ2v) is 6.97. The molecule has 0 aromatic rings. The van der Waals surface area contributed by atoms with Crippen molar-refractivity contribution in [2.75, 3.05) is 26.7 Å². The summed E-state index contributed by atoms with van der Waals surface area (Å²) in [5, 5.41) is 3.77. The third kappa shape index (κ3) is 5.01. The van der Waals surface area contributed by atoms with Crippen LogP contribution in [0.3, 0.4) is 0 Å². The molecule has 3 N–H and O–H groups in total. The fourth-order valence-electron chi connectivity index (χ4n) is 4.08. The third-order valence-corrected chi connectivity index (χ3v) is 5.50. The Kier molecular flexibility index (Phi) is 7.32. The van der Waals surface area contributed by atoms with Crippen LogP contribution in [0.25, 0.3) is 0 Å². The van der Waals surface area contributed by atoms with E-state index in [9.17, 15) is 0 Å². The van der Waals surface area contributed by atoms with Crippen LogP contribution >= 0.6 is 0 Å². The summed E-state index contributed by atoms with van der Waals surface area (Å²) in [6, 6.07) is 1.55. The first-order chi connectivity index (χ1) is 9.81. The average molecular weight is 281 g/mol. The number of nitrogens with one attached hydrogen (secondary N) is 1. The van der Waals surface area contributed by atoms with Gasteiger partial charge in [-0.3, -0.25) is 0 Å². The normalized spacial score (nSPS) is 28.9. The summed E-state index contributed by atoms with van der Waals surface area (Å²) < 4.78 is 0. The summed E-state index contributed by atoms with van der Waals surface area (Å²) in [5.41, 5.74) is 5.90. The maximum absolute atomic E-state index is 5.90. The first-order valence-electron chi connectivity index (χ1n) is 8.95. The van der Waals surface area contributed by atoms with E-state index in [0.29, 0.717) is 6.04 Å². The van der Waals surface area contributed by atoms with E-state index in [1.54, 1.807) is 0 Å². The fraction of sp³-hybridized carbons (Fsp3) is 1.00. The molecule has 2 atom stereocenters. The Morgan fingerprint density at radius 1 is 1.00 bits per heavy atom. The van der Waals surface area contributed by atoms with Crippen LogP contribution in [-0.2, 0) is 0 Å². The molecule has 0 heterocycles. The molecule has 0 spiro atoms. The molecule has 0 bridgehead atoms. The zero-order valence-corrected chi connectivity index (χ0v) is 13.4. The maximum atomic E-state index is 5.90. The van der Waals surface area contributed by atoms with E-state index in [1.165, 1.54) is 70.8 Å². The summed E-state index contributed by atoms with van der Waals surface area (Å²) in [4.78, 5) is 2.60. The van der Waals surface area contributed by atoms with Crippen molar-refractivity contribution in [2.45, 2.75) is 76.3 Å². The molecular weight excluding hydrogens is 246 g/mol. The van der Waals surface area contributed by atoms with Crippen LogP contribution in [0.5, 0.6) is 0 Å². The monoisotopic (exact) mass is 281 g/mol. The zero-order chi connectivity index (χ0) is 14.2. The molecule has 0 saturated heterocycles. The smallest absolute Gasteiger partial charge is 0.0107 e. The maximum Gasteiger partial charge on any atom is 0.0107 e. The minimum absolute atomic E-state index is 0.689. The number of hydrogen-bond acceptors (Lipinski definition) is 3. The van der Waals surface area contributed by atoms with Gasteiger partial charge in [0.25, 0.3) is 0 Å². The summed E-state index contributed by atoms with van der Waals surface area (Å²) in [5.74, 6) is 0.722. The van der Waals surface area contributed by atoms with E-state index >= 15 is 0 Å². The van der Waals surface area contributed by atoms with Gasteiger partial charge in [0.1, 0.15) is 0 Å². The molecule has 20 heavy (non-hydrogen) atoms. The lowest BCUT2D eigenvalue weighted by atomic mass is 9.84. The minimum Gasteiger partial charge on any atom is -0.330 e. The molecule has 0 aromatic carbocycles. The molecule has 0 aromatic heterocycles. The van der Waals surface area contributed by atoms with Crippen LogP contribution in [0.2, 0.25) is 0 Å². The Balaban J connectivity index is 1.58. The zero-order valence-electron chi connectivity index (χ0n) is 13.4. The summed E-state index contributed by atoms with van der Waals surface area (Å²) in [6.45, 7) is 3.27. The lowest BCUT2D eigenvalue weighted by Gasteiger charge is -2.33. The quantitative estimate of drug-likeness (QED) is 0.705. The SMILES string of the molecule is CN(CCCNC1CCCCC1CN)C1CCCCC1. The molecule has 2 fully saturated rings. The van der Waals surface area contributed by atoms with Crippen molar-refractivity contribution in [3.63, 3.8) is 0 Å². The second kappa shape index (κ2) is 9.01. The van der Waals surface area contributed by atoms with Gasteiger partial charge in [0.05, 0.1) is 0 Å². The highest BCUT2D eigenvalue weighted by molar-refractivity contribution is 4.81. The molecule has 2 unspecified atom stereocenters. The minimum atomic E-state index is 0.689. The molecular formula is C17H35N3. The van der Waals surface area contributed by atoms with Crippen LogP contribution in [0.15, 0.2) is 0 Å². The van der Waals surface area contributed by atoms with E-state index in [2.05, 4.69) is 17.3 Å². The molecule has 3 nitrogen and oxygen atoms in total. The van der Waals surface area contributed by atoms with Gasteiger partial charge in [-0.1, -0.05) is 32.1 Å². The van der Waals surface area contributed by atoms with Gasteiger partial charge >= 0.3 is 0 Å². The molecule has 2 aliphatic rings. The van der Waals surface area contributed by atoms with Gasteiger partial charge in [-0.25, -0.2) is 0 Å². The summed E-state index contributed by atoms with van der Waals surface area (Å²) >= 11 is 0. The van der Waals surface area contributed by atoms with Crippen LogP contribution in [0, 0.1) is 5.92 Å². The predicted molar refractivity (Wildman–Crippen MR) is 86.9 cm³/mol.